The van der Waals surface area contributed by atoms with Crippen molar-refractivity contribution in [2.45, 2.75) is 21.5 Å². The fourth-order valence-electron chi connectivity index (χ4n) is 0.888. The molecule has 24 heavy (non-hydrogen) atoms. The molecule has 0 bridgehead atoms. The highest BCUT2D eigenvalue weighted by Crippen LogP contribution is 2.00. The third kappa shape index (κ3) is 28.6. The van der Waals surface area contributed by atoms with Gasteiger partial charge in [0.15, 0.2) is 0 Å². The fourth-order valence-corrected chi connectivity index (χ4v) is 0.965. The molecule has 0 spiro atoms. The van der Waals surface area contributed by atoms with E-state index in [9.17, 15) is 9.59 Å². The van der Waals surface area contributed by atoms with Crippen LogP contribution in [0.15, 0.2) is 30.3 Å². The number of hydrogen-bond acceptors (Lipinski definition) is 7. The van der Waals surface area contributed by atoms with Crippen molar-refractivity contribution < 1.29 is 34.4 Å². The molecule has 0 aliphatic heterocycles. The van der Waals surface area contributed by atoms with Crippen molar-refractivity contribution in [1.29, 1.82) is 0 Å². The van der Waals surface area contributed by atoms with Gasteiger partial charge < -0.3 is 24.8 Å². The van der Waals surface area contributed by atoms with Gasteiger partial charge in [0.25, 0.3) is 0 Å². The molecular weight excluding hydrogens is 340 g/mol. The van der Waals surface area contributed by atoms with Crippen LogP contribution in [-0.4, -0.2) is 61.1 Å². The molecule has 0 atom stereocenters. The predicted octanol–water partition coefficient (Wildman–Crippen LogP) is 1.61. The first-order valence-electron chi connectivity index (χ1n) is 5.97. The monoisotopic (exact) mass is 370 g/mol. The van der Waals surface area contributed by atoms with Gasteiger partial charge in [-0.3, -0.25) is 4.79 Å². The summed E-state index contributed by atoms with van der Waals surface area (Å²) in [6, 6.07) is 9.62. The van der Waals surface area contributed by atoms with Crippen molar-refractivity contribution in [2.75, 3.05) is 34.5 Å². The van der Waals surface area contributed by atoms with Crippen molar-refractivity contribution in [2.24, 2.45) is 0 Å². The molecule has 3 N–H and O–H groups in total. The van der Waals surface area contributed by atoms with Gasteiger partial charge in [-0.15, -0.1) is 0 Å². The van der Waals surface area contributed by atoms with Gasteiger partial charge >= 0.3 is 5.97 Å². The number of rotatable bonds is 5. The van der Waals surface area contributed by atoms with Crippen LogP contribution < -0.4 is 0 Å². The van der Waals surface area contributed by atoms with Gasteiger partial charge in [0, 0.05) is 14.2 Å². The predicted molar refractivity (Wildman–Crippen MR) is 95.8 cm³/mol. The zero-order valence-electron chi connectivity index (χ0n) is 12.9. The Morgan fingerprint density at radius 2 is 1.50 bits per heavy atom. The third-order valence-electron chi connectivity index (χ3n) is 1.68. The number of benzene rings is 1. The van der Waals surface area contributed by atoms with E-state index in [1.54, 1.807) is 0 Å². The van der Waals surface area contributed by atoms with E-state index in [1.165, 1.54) is 7.11 Å². The minimum Gasteiger partial charge on any atom is -0.467 e. The van der Waals surface area contributed by atoms with E-state index in [0.717, 1.165) is 19.8 Å². The Morgan fingerprint density at radius 1 is 1.04 bits per heavy atom. The standard InChI is InChI=1S/C9H9ClO2.C3H6O3.2CH4O.2CH4/c10-9(11)7-12-6-8-4-2-1-3-5-8;1-6-3(5)2-4;2*1-2;;/h1-5H,6-7H2;4H,2H2,1H3;2*2H,1H3;2*1H4. The van der Waals surface area contributed by atoms with Crippen LogP contribution in [0, 0.1) is 0 Å². The fraction of sp³-hybridized carbons (Fsp3) is 0.500. The summed E-state index contributed by atoms with van der Waals surface area (Å²) in [5, 5.41) is 21.4. The third-order valence-corrected chi connectivity index (χ3v) is 1.79. The second-order valence-corrected chi connectivity index (χ2v) is 3.49. The van der Waals surface area contributed by atoms with Crippen LogP contribution in [0.5, 0.6) is 0 Å². The number of aliphatic hydroxyl groups excluding tert-OH is 3. The lowest BCUT2D eigenvalue weighted by atomic mass is 10.2. The van der Waals surface area contributed by atoms with Crippen LogP contribution in [0.2, 0.25) is 0 Å². The highest BCUT2D eigenvalue weighted by molar-refractivity contribution is 6.63. The van der Waals surface area contributed by atoms with Crippen LogP contribution in [-0.2, 0) is 25.7 Å². The summed E-state index contributed by atoms with van der Waals surface area (Å²) in [6.45, 7) is -0.133. The van der Waals surface area contributed by atoms with E-state index in [4.69, 9.17) is 31.7 Å². The highest BCUT2D eigenvalue weighted by atomic mass is 35.5. The summed E-state index contributed by atoms with van der Waals surface area (Å²) in [7, 11) is 3.22. The molecule has 0 heterocycles. The number of ether oxygens (including phenoxy) is 2. The highest BCUT2D eigenvalue weighted by Gasteiger charge is 1.95. The number of aliphatic hydroxyl groups is 3. The summed E-state index contributed by atoms with van der Waals surface area (Å²) in [5.41, 5.74) is 1.04. The first kappa shape index (κ1) is 34.0. The average Bonchev–Trinajstić information content (AvgIpc) is 2.59. The molecule has 0 fully saturated rings. The van der Waals surface area contributed by atoms with Gasteiger partial charge in [-0.2, -0.15) is 0 Å². The molecule has 0 amide bonds. The maximum atomic E-state index is 10.3. The van der Waals surface area contributed by atoms with Crippen LogP contribution in [0.1, 0.15) is 20.4 Å². The molecule has 0 saturated carbocycles. The topological polar surface area (TPSA) is 113 Å². The Morgan fingerprint density at radius 3 is 1.79 bits per heavy atom. The maximum Gasteiger partial charge on any atom is 0.331 e. The van der Waals surface area contributed by atoms with Gasteiger partial charge in [0.1, 0.15) is 13.2 Å². The van der Waals surface area contributed by atoms with Crippen molar-refractivity contribution in [3.05, 3.63) is 35.9 Å². The molecule has 0 aliphatic carbocycles. The summed E-state index contributed by atoms with van der Waals surface area (Å²) < 4.78 is 9.01. The summed E-state index contributed by atoms with van der Waals surface area (Å²) in [5.74, 6) is -0.602. The molecule has 0 saturated heterocycles. The quantitative estimate of drug-likeness (QED) is 0.533. The molecule has 0 aliphatic rings. The number of methoxy groups -OCH3 is 1. The Kier molecular flexibility index (Phi) is 41.7. The lowest BCUT2D eigenvalue weighted by Crippen LogP contribution is -2.04. The molecule has 8 heteroatoms. The summed E-state index contributed by atoms with van der Waals surface area (Å²) in [6.07, 6.45) is 0. The minimum atomic E-state index is -0.602. The molecule has 1 rings (SSSR count). The van der Waals surface area contributed by atoms with Crippen LogP contribution in [0.4, 0.5) is 0 Å². The van der Waals surface area contributed by atoms with Gasteiger partial charge in [0.2, 0.25) is 5.24 Å². The van der Waals surface area contributed by atoms with E-state index in [0.29, 0.717) is 6.61 Å². The van der Waals surface area contributed by atoms with Crippen molar-refractivity contribution in [1.82, 2.24) is 0 Å². The Labute approximate surface area is 149 Å². The van der Waals surface area contributed by atoms with Crippen molar-refractivity contribution in [3.63, 3.8) is 0 Å². The van der Waals surface area contributed by atoms with Crippen LogP contribution in [0.3, 0.4) is 0 Å². The largest absolute Gasteiger partial charge is 0.467 e. The number of hydrogen-bond donors (Lipinski definition) is 3. The van der Waals surface area contributed by atoms with E-state index >= 15 is 0 Å². The maximum absolute atomic E-state index is 10.3. The Bertz CT molecular complexity index is 353. The molecule has 1 aromatic rings. The van der Waals surface area contributed by atoms with Crippen LogP contribution in [0.25, 0.3) is 0 Å². The number of carbonyl (C=O) groups is 2. The average molecular weight is 371 g/mol. The first-order valence-corrected chi connectivity index (χ1v) is 6.35. The van der Waals surface area contributed by atoms with E-state index in [1.807, 2.05) is 30.3 Å². The minimum absolute atomic E-state index is 0. The summed E-state index contributed by atoms with van der Waals surface area (Å²) in [4.78, 5) is 20.0. The molecule has 0 radical (unpaired) electrons. The van der Waals surface area contributed by atoms with E-state index in [2.05, 4.69) is 4.74 Å². The lowest BCUT2D eigenvalue weighted by molar-refractivity contribution is -0.143. The van der Waals surface area contributed by atoms with Crippen molar-refractivity contribution >= 4 is 22.8 Å². The Balaban J connectivity index is -0.0000000867. The molecule has 144 valence electrons. The van der Waals surface area contributed by atoms with Gasteiger partial charge in [-0.1, -0.05) is 45.2 Å². The summed E-state index contributed by atoms with van der Waals surface area (Å²) >= 11 is 5.08. The number of esters is 1. The normalized spacial score (nSPS) is 7.29. The second-order valence-electron chi connectivity index (χ2n) is 3.07. The second kappa shape index (κ2) is 29.5. The molecule has 0 unspecified atom stereocenters. The molecule has 0 aromatic heterocycles. The zero-order chi connectivity index (χ0) is 17.8. The lowest BCUT2D eigenvalue weighted by Gasteiger charge is -1.99. The van der Waals surface area contributed by atoms with Crippen LogP contribution >= 0.6 is 11.6 Å². The number of halogens is 1. The Hall–Kier alpha value is -1.51. The smallest absolute Gasteiger partial charge is 0.331 e. The van der Waals surface area contributed by atoms with Crippen molar-refractivity contribution in [3.8, 4) is 0 Å². The van der Waals surface area contributed by atoms with Gasteiger partial charge in [-0.05, 0) is 17.2 Å². The molecule has 1 aromatic carbocycles. The van der Waals surface area contributed by atoms with Gasteiger partial charge in [-0.25, -0.2) is 4.79 Å². The SMILES string of the molecule is C.C.CO.CO.COC(=O)CO.O=C(Cl)COCc1ccccc1. The molecular formula is C16H31ClO7. The van der Waals surface area contributed by atoms with E-state index in [-0.39, 0.29) is 21.5 Å². The zero-order valence-corrected chi connectivity index (χ0v) is 13.6. The number of carbonyl (C=O) groups excluding carboxylic acids is 2. The van der Waals surface area contributed by atoms with E-state index < -0.39 is 17.8 Å². The molecule has 7 nitrogen and oxygen atoms in total. The van der Waals surface area contributed by atoms with Gasteiger partial charge in [0.05, 0.1) is 13.7 Å². The first-order chi connectivity index (χ1) is 10.6.